The number of halogens is 1. The summed E-state index contributed by atoms with van der Waals surface area (Å²) in [7, 11) is 0. The Bertz CT molecular complexity index is 836. The fourth-order valence-corrected chi connectivity index (χ4v) is 3.74. The molecule has 0 aromatic heterocycles. The molecule has 6 nitrogen and oxygen atoms in total. The van der Waals surface area contributed by atoms with Gasteiger partial charge in [-0.25, -0.2) is 0 Å². The van der Waals surface area contributed by atoms with Crippen molar-refractivity contribution in [3.8, 4) is 5.75 Å². The van der Waals surface area contributed by atoms with Gasteiger partial charge in [-0.2, -0.15) is 0 Å². The SMILES string of the molecule is CCNC(=NCC1(c2ccccc2)CCC1)NCCc1ccc(OCC(N)=O)cc1.I. The molecule has 2 aromatic rings. The number of benzene rings is 2. The van der Waals surface area contributed by atoms with Crippen LogP contribution in [0.1, 0.15) is 37.3 Å². The molecule has 0 saturated heterocycles. The lowest BCUT2D eigenvalue weighted by Gasteiger charge is -2.41. The molecule has 0 atom stereocenters. The topological polar surface area (TPSA) is 88.7 Å². The summed E-state index contributed by atoms with van der Waals surface area (Å²) in [6, 6.07) is 18.5. The Labute approximate surface area is 202 Å². The maximum absolute atomic E-state index is 10.8. The van der Waals surface area contributed by atoms with Gasteiger partial charge in [-0.3, -0.25) is 9.79 Å². The van der Waals surface area contributed by atoms with E-state index < -0.39 is 5.91 Å². The van der Waals surface area contributed by atoms with Crippen molar-refractivity contribution in [1.29, 1.82) is 0 Å². The van der Waals surface area contributed by atoms with Crippen molar-refractivity contribution in [3.05, 3.63) is 65.7 Å². The van der Waals surface area contributed by atoms with E-state index in [4.69, 9.17) is 15.5 Å². The third-order valence-electron chi connectivity index (χ3n) is 5.59. The van der Waals surface area contributed by atoms with Crippen molar-refractivity contribution in [3.63, 3.8) is 0 Å². The Morgan fingerprint density at radius 1 is 1.10 bits per heavy atom. The molecular weight excluding hydrogens is 503 g/mol. The third-order valence-corrected chi connectivity index (χ3v) is 5.59. The Kier molecular flexibility index (Phi) is 10.1. The number of ether oxygens (including phenoxy) is 1. The number of primary amides is 1. The largest absolute Gasteiger partial charge is 0.484 e. The number of carbonyl (C=O) groups excluding carboxylic acids is 1. The van der Waals surface area contributed by atoms with Gasteiger partial charge >= 0.3 is 0 Å². The summed E-state index contributed by atoms with van der Waals surface area (Å²) in [5.41, 5.74) is 7.86. The van der Waals surface area contributed by atoms with Gasteiger partial charge in [0.15, 0.2) is 12.6 Å². The number of nitrogens with zero attached hydrogens (tertiary/aromatic N) is 1. The number of aliphatic imine (C=N–C) groups is 1. The molecule has 4 N–H and O–H groups in total. The lowest BCUT2D eigenvalue weighted by Crippen LogP contribution is -2.42. The summed E-state index contributed by atoms with van der Waals surface area (Å²) in [4.78, 5) is 15.7. The van der Waals surface area contributed by atoms with Gasteiger partial charge in [-0.1, -0.05) is 48.9 Å². The molecule has 0 bridgehead atoms. The standard InChI is InChI=1S/C24H32N4O2.HI/c1-2-26-23(28-18-24(14-6-15-24)20-7-4-3-5-8-20)27-16-13-19-9-11-21(12-10-19)30-17-22(25)29;/h3-5,7-12H,2,6,13-18H2,1H3,(H2,25,29)(H2,26,27,28);1H. The van der Waals surface area contributed by atoms with Crippen LogP contribution in [-0.2, 0) is 16.6 Å². The Hall–Kier alpha value is -2.29. The zero-order chi connectivity index (χ0) is 21.2. The number of nitrogens with two attached hydrogens (primary N) is 1. The van der Waals surface area contributed by atoms with E-state index in [9.17, 15) is 4.79 Å². The average Bonchev–Trinajstić information content (AvgIpc) is 2.73. The third kappa shape index (κ3) is 7.41. The monoisotopic (exact) mass is 536 g/mol. The summed E-state index contributed by atoms with van der Waals surface area (Å²) in [6.07, 6.45) is 4.53. The van der Waals surface area contributed by atoms with E-state index in [-0.39, 0.29) is 36.0 Å². The van der Waals surface area contributed by atoms with Crippen molar-refractivity contribution in [2.75, 3.05) is 26.2 Å². The minimum atomic E-state index is -0.477. The van der Waals surface area contributed by atoms with Crippen LogP contribution in [0.2, 0.25) is 0 Å². The minimum Gasteiger partial charge on any atom is -0.484 e. The maximum atomic E-state index is 10.8. The number of hydrogen-bond donors (Lipinski definition) is 3. The fourth-order valence-electron chi connectivity index (χ4n) is 3.74. The highest BCUT2D eigenvalue weighted by atomic mass is 127. The molecule has 0 radical (unpaired) electrons. The highest BCUT2D eigenvalue weighted by Gasteiger charge is 2.38. The van der Waals surface area contributed by atoms with Crippen LogP contribution in [0.25, 0.3) is 0 Å². The van der Waals surface area contributed by atoms with Crippen molar-refractivity contribution in [2.45, 2.75) is 38.0 Å². The van der Waals surface area contributed by atoms with E-state index in [1.165, 1.54) is 30.4 Å². The molecule has 1 fully saturated rings. The zero-order valence-corrected chi connectivity index (χ0v) is 20.4. The van der Waals surface area contributed by atoms with Crippen LogP contribution >= 0.6 is 24.0 Å². The molecule has 0 unspecified atom stereocenters. The van der Waals surface area contributed by atoms with Crippen LogP contribution in [0, 0.1) is 0 Å². The Balaban J connectivity index is 0.00000341. The summed E-state index contributed by atoms with van der Waals surface area (Å²) in [6.45, 7) is 4.40. The van der Waals surface area contributed by atoms with Crippen molar-refractivity contribution < 1.29 is 9.53 Å². The van der Waals surface area contributed by atoms with Crippen molar-refractivity contribution >= 4 is 35.8 Å². The number of amides is 1. The van der Waals surface area contributed by atoms with Gasteiger partial charge in [0.2, 0.25) is 0 Å². The highest BCUT2D eigenvalue weighted by Crippen LogP contribution is 2.43. The molecular formula is C24H33IN4O2. The number of guanidine groups is 1. The second-order valence-electron chi connectivity index (χ2n) is 7.77. The quantitative estimate of drug-likeness (QED) is 0.247. The average molecular weight is 536 g/mol. The molecule has 31 heavy (non-hydrogen) atoms. The summed E-state index contributed by atoms with van der Waals surface area (Å²) in [5.74, 6) is 1.03. The van der Waals surface area contributed by atoms with E-state index in [1.54, 1.807) is 0 Å². The number of hydrogen-bond acceptors (Lipinski definition) is 3. The van der Waals surface area contributed by atoms with Gasteiger partial charge < -0.3 is 21.1 Å². The fraction of sp³-hybridized carbons (Fsp3) is 0.417. The van der Waals surface area contributed by atoms with Gasteiger partial charge in [0.1, 0.15) is 5.75 Å². The smallest absolute Gasteiger partial charge is 0.255 e. The van der Waals surface area contributed by atoms with Gasteiger partial charge in [0, 0.05) is 18.5 Å². The first-order chi connectivity index (χ1) is 14.6. The van der Waals surface area contributed by atoms with Crippen molar-refractivity contribution in [1.82, 2.24) is 10.6 Å². The van der Waals surface area contributed by atoms with Crippen LogP contribution < -0.4 is 21.1 Å². The second kappa shape index (κ2) is 12.5. The van der Waals surface area contributed by atoms with Crippen LogP contribution in [0.3, 0.4) is 0 Å². The molecule has 0 heterocycles. The summed E-state index contributed by atoms with van der Waals surface area (Å²) >= 11 is 0. The molecule has 1 amide bonds. The predicted molar refractivity (Wildman–Crippen MR) is 136 cm³/mol. The van der Waals surface area contributed by atoms with E-state index in [2.05, 4.69) is 47.9 Å². The highest BCUT2D eigenvalue weighted by molar-refractivity contribution is 14.0. The van der Waals surface area contributed by atoms with E-state index in [0.29, 0.717) is 5.75 Å². The van der Waals surface area contributed by atoms with Gasteiger partial charge in [0.05, 0.1) is 6.54 Å². The lowest BCUT2D eigenvalue weighted by molar-refractivity contribution is -0.119. The van der Waals surface area contributed by atoms with Crippen LogP contribution in [0.15, 0.2) is 59.6 Å². The van der Waals surface area contributed by atoms with Gasteiger partial charge in [-0.15, -0.1) is 24.0 Å². The van der Waals surface area contributed by atoms with E-state index in [1.807, 2.05) is 24.3 Å². The molecule has 1 aliphatic rings. The molecule has 1 aliphatic carbocycles. The molecule has 7 heteroatoms. The number of nitrogens with one attached hydrogen (secondary N) is 2. The summed E-state index contributed by atoms with van der Waals surface area (Å²) in [5, 5.41) is 6.80. The molecule has 3 rings (SSSR count). The zero-order valence-electron chi connectivity index (χ0n) is 18.1. The first-order valence-corrected chi connectivity index (χ1v) is 10.7. The van der Waals surface area contributed by atoms with Crippen molar-refractivity contribution in [2.24, 2.45) is 10.7 Å². The lowest BCUT2D eigenvalue weighted by atomic mass is 9.64. The summed E-state index contributed by atoms with van der Waals surface area (Å²) < 4.78 is 5.29. The van der Waals surface area contributed by atoms with E-state index >= 15 is 0 Å². The Morgan fingerprint density at radius 3 is 2.39 bits per heavy atom. The molecule has 0 aliphatic heterocycles. The predicted octanol–water partition coefficient (Wildman–Crippen LogP) is 3.39. The number of carbonyl (C=O) groups is 1. The number of rotatable bonds is 10. The first-order valence-electron chi connectivity index (χ1n) is 10.7. The molecule has 168 valence electrons. The van der Waals surface area contributed by atoms with Crippen LogP contribution in [0.4, 0.5) is 0 Å². The van der Waals surface area contributed by atoms with Crippen LogP contribution in [-0.4, -0.2) is 38.1 Å². The minimum absolute atomic E-state index is 0. The molecule has 2 aromatic carbocycles. The second-order valence-corrected chi connectivity index (χ2v) is 7.77. The Morgan fingerprint density at radius 2 is 1.81 bits per heavy atom. The van der Waals surface area contributed by atoms with Gasteiger partial charge in [-0.05, 0) is 49.4 Å². The van der Waals surface area contributed by atoms with E-state index in [0.717, 1.165) is 32.0 Å². The normalized spacial score (nSPS) is 14.7. The molecule has 0 spiro atoms. The van der Waals surface area contributed by atoms with Crippen LogP contribution in [0.5, 0.6) is 5.75 Å². The molecule has 1 saturated carbocycles. The van der Waals surface area contributed by atoms with Gasteiger partial charge in [0.25, 0.3) is 5.91 Å². The first kappa shape index (κ1) is 25.0. The maximum Gasteiger partial charge on any atom is 0.255 e.